The van der Waals surface area contributed by atoms with Crippen molar-refractivity contribution in [1.29, 1.82) is 0 Å². The highest BCUT2D eigenvalue weighted by atomic mass is 35.5. The van der Waals surface area contributed by atoms with E-state index in [0.29, 0.717) is 47.9 Å². The summed E-state index contributed by atoms with van der Waals surface area (Å²) in [5, 5.41) is 0.414. The number of sulfonamides is 1. The zero-order valence-corrected chi connectivity index (χ0v) is 24.2. The van der Waals surface area contributed by atoms with Crippen LogP contribution in [0.4, 0.5) is 9.52 Å². The molecule has 1 aromatic heterocycles. The molecule has 0 spiro atoms. The minimum absolute atomic E-state index is 0. The number of nitrogens with zero attached hydrogens (tertiary/aromatic N) is 4. The molecule has 4 aromatic rings. The van der Waals surface area contributed by atoms with Crippen LogP contribution in [0, 0.1) is 5.82 Å². The average molecular weight is 589 g/mol. The van der Waals surface area contributed by atoms with E-state index in [0.717, 1.165) is 12.1 Å². The summed E-state index contributed by atoms with van der Waals surface area (Å²) in [4.78, 5) is 21.8. The Morgan fingerprint density at radius 3 is 2.41 bits per heavy atom. The van der Waals surface area contributed by atoms with Gasteiger partial charge in [0.2, 0.25) is 10.0 Å². The van der Waals surface area contributed by atoms with Gasteiger partial charge in [0.1, 0.15) is 11.3 Å². The minimum atomic E-state index is -3.71. The molecular formula is C28H30ClFN4O3S2. The Hall–Kier alpha value is -2.89. The molecule has 1 aliphatic heterocycles. The lowest BCUT2D eigenvalue weighted by molar-refractivity contribution is 0.0986. The molecular weight excluding hydrogens is 559 g/mol. The lowest BCUT2D eigenvalue weighted by Crippen LogP contribution is -2.36. The molecule has 1 aliphatic rings. The third-order valence-electron chi connectivity index (χ3n) is 6.66. The Morgan fingerprint density at radius 1 is 1.00 bits per heavy atom. The SMILES string of the molecule is CN(C)CCCN(C(=O)c1ccc(S(=O)(=O)N2CCc3ccccc3C2)cc1)c1nc2c(F)cccc2s1.Cl. The van der Waals surface area contributed by atoms with E-state index in [2.05, 4.69) is 4.98 Å². The number of carbonyl (C=O) groups is 1. The van der Waals surface area contributed by atoms with Crippen LogP contribution in [0.25, 0.3) is 10.2 Å². The van der Waals surface area contributed by atoms with Crippen molar-refractivity contribution in [3.8, 4) is 0 Å². The number of halogens is 2. The highest BCUT2D eigenvalue weighted by molar-refractivity contribution is 7.89. The lowest BCUT2D eigenvalue weighted by atomic mass is 10.0. The molecule has 0 saturated carbocycles. The van der Waals surface area contributed by atoms with Gasteiger partial charge in [-0.05, 0) is 81.0 Å². The Kier molecular flexibility index (Phi) is 9.03. The second-order valence-corrected chi connectivity index (χ2v) is 12.5. The van der Waals surface area contributed by atoms with Gasteiger partial charge in [0.05, 0.1) is 9.60 Å². The molecule has 0 atom stereocenters. The second kappa shape index (κ2) is 12.1. The summed E-state index contributed by atoms with van der Waals surface area (Å²) in [5.41, 5.74) is 2.76. The monoisotopic (exact) mass is 588 g/mol. The van der Waals surface area contributed by atoms with Crippen molar-refractivity contribution in [2.45, 2.75) is 24.3 Å². The number of carbonyl (C=O) groups excluding carboxylic acids is 1. The van der Waals surface area contributed by atoms with Crippen LogP contribution in [-0.4, -0.2) is 62.2 Å². The zero-order chi connectivity index (χ0) is 26.9. The fourth-order valence-electron chi connectivity index (χ4n) is 4.60. The van der Waals surface area contributed by atoms with Crippen LogP contribution in [0.2, 0.25) is 0 Å². The summed E-state index contributed by atoms with van der Waals surface area (Å²) in [6.07, 6.45) is 1.36. The van der Waals surface area contributed by atoms with Gasteiger partial charge >= 0.3 is 0 Å². The zero-order valence-electron chi connectivity index (χ0n) is 21.7. The van der Waals surface area contributed by atoms with E-state index in [9.17, 15) is 17.6 Å². The fourth-order valence-corrected chi connectivity index (χ4v) is 7.02. The number of aromatic nitrogens is 1. The smallest absolute Gasteiger partial charge is 0.260 e. The number of thiazole rings is 1. The van der Waals surface area contributed by atoms with Gasteiger partial charge in [-0.25, -0.2) is 17.8 Å². The largest absolute Gasteiger partial charge is 0.309 e. The van der Waals surface area contributed by atoms with E-state index in [4.69, 9.17) is 0 Å². The van der Waals surface area contributed by atoms with Gasteiger partial charge in [-0.2, -0.15) is 4.31 Å². The number of anilines is 1. The van der Waals surface area contributed by atoms with Gasteiger partial charge in [-0.15, -0.1) is 12.4 Å². The molecule has 7 nitrogen and oxygen atoms in total. The number of hydrogen-bond acceptors (Lipinski definition) is 6. The van der Waals surface area contributed by atoms with Crippen molar-refractivity contribution in [2.24, 2.45) is 0 Å². The van der Waals surface area contributed by atoms with Crippen LogP contribution in [0.1, 0.15) is 27.9 Å². The van der Waals surface area contributed by atoms with Gasteiger partial charge in [-0.3, -0.25) is 9.69 Å². The van der Waals surface area contributed by atoms with E-state index in [1.807, 2.05) is 43.3 Å². The van der Waals surface area contributed by atoms with E-state index in [1.54, 1.807) is 29.2 Å². The number of benzene rings is 3. The average Bonchev–Trinajstić information content (AvgIpc) is 3.36. The third kappa shape index (κ3) is 6.15. The number of fused-ring (bicyclic) bond motifs is 2. The van der Waals surface area contributed by atoms with Gasteiger partial charge in [0.25, 0.3) is 5.91 Å². The molecule has 11 heteroatoms. The van der Waals surface area contributed by atoms with Gasteiger partial charge in [0.15, 0.2) is 5.13 Å². The van der Waals surface area contributed by atoms with Crippen LogP contribution >= 0.6 is 23.7 Å². The summed E-state index contributed by atoms with van der Waals surface area (Å²) in [7, 11) is 0.201. The summed E-state index contributed by atoms with van der Waals surface area (Å²) >= 11 is 1.26. The second-order valence-electron chi connectivity index (χ2n) is 9.58. The lowest BCUT2D eigenvalue weighted by Gasteiger charge is -2.28. The summed E-state index contributed by atoms with van der Waals surface area (Å²) in [6.45, 7) is 1.89. The maximum Gasteiger partial charge on any atom is 0.260 e. The summed E-state index contributed by atoms with van der Waals surface area (Å²) < 4.78 is 43.2. The van der Waals surface area contributed by atoms with Crippen LogP contribution in [0.15, 0.2) is 71.6 Å². The van der Waals surface area contributed by atoms with Crippen molar-refractivity contribution in [2.75, 3.05) is 38.6 Å². The predicted octanol–water partition coefficient (Wildman–Crippen LogP) is 5.20. The first-order valence-electron chi connectivity index (χ1n) is 12.4. The Balaban J connectivity index is 0.00000353. The van der Waals surface area contributed by atoms with Crippen LogP contribution in [0.3, 0.4) is 0 Å². The fraction of sp³-hybridized carbons (Fsp3) is 0.286. The molecule has 0 unspecified atom stereocenters. The molecule has 3 aromatic carbocycles. The summed E-state index contributed by atoms with van der Waals surface area (Å²) in [5.74, 6) is -0.736. The van der Waals surface area contributed by atoms with E-state index in [1.165, 1.54) is 39.4 Å². The number of para-hydroxylation sites is 1. The Bertz CT molecular complexity index is 1580. The molecule has 206 valence electrons. The first-order chi connectivity index (χ1) is 18.2. The first kappa shape index (κ1) is 29.1. The topological polar surface area (TPSA) is 73.8 Å². The molecule has 0 N–H and O–H groups in total. The number of amides is 1. The Labute approximate surface area is 238 Å². The maximum absolute atomic E-state index is 14.3. The van der Waals surface area contributed by atoms with Crippen LogP contribution in [0.5, 0.6) is 0 Å². The van der Waals surface area contributed by atoms with Crippen molar-refractivity contribution in [3.63, 3.8) is 0 Å². The molecule has 1 amide bonds. The molecule has 0 aliphatic carbocycles. The predicted molar refractivity (Wildman–Crippen MR) is 156 cm³/mol. The van der Waals surface area contributed by atoms with Gasteiger partial charge < -0.3 is 4.90 Å². The quantitative estimate of drug-likeness (QED) is 0.283. The minimum Gasteiger partial charge on any atom is -0.309 e. The number of hydrogen-bond donors (Lipinski definition) is 0. The molecule has 0 saturated heterocycles. The molecule has 2 heterocycles. The van der Waals surface area contributed by atoms with E-state index < -0.39 is 15.8 Å². The van der Waals surface area contributed by atoms with Crippen LogP contribution < -0.4 is 4.90 Å². The number of rotatable bonds is 8. The standard InChI is InChI=1S/C28H29FN4O3S2.ClH/c1-31(2)16-6-17-33(28-30-26-24(29)9-5-10-25(26)37-28)27(34)21-11-13-23(14-12-21)38(35,36)32-18-15-20-7-3-4-8-22(20)19-32;/h3-5,7-14H,6,15-19H2,1-2H3;1H. The maximum atomic E-state index is 14.3. The summed E-state index contributed by atoms with van der Waals surface area (Å²) in [6, 6.07) is 18.7. The van der Waals surface area contributed by atoms with Crippen molar-refractivity contribution >= 4 is 55.0 Å². The van der Waals surface area contributed by atoms with Crippen molar-refractivity contribution < 1.29 is 17.6 Å². The molecule has 0 bridgehead atoms. The molecule has 0 fully saturated rings. The molecule has 5 rings (SSSR count). The third-order valence-corrected chi connectivity index (χ3v) is 9.56. The van der Waals surface area contributed by atoms with Crippen molar-refractivity contribution in [1.82, 2.24) is 14.2 Å². The van der Waals surface area contributed by atoms with E-state index >= 15 is 0 Å². The first-order valence-corrected chi connectivity index (χ1v) is 14.7. The van der Waals surface area contributed by atoms with Gasteiger partial charge in [-0.1, -0.05) is 41.7 Å². The van der Waals surface area contributed by atoms with Crippen LogP contribution in [-0.2, 0) is 23.0 Å². The molecule has 39 heavy (non-hydrogen) atoms. The normalized spacial score (nSPS) is 13.7. The van der Waals surface area contributed by atoms with E-state index in [-0.39, 0.29) is 28.7 Å². The van der Waals surface area contributed by atoms with Gasteiger partial charge in [0, 0.05) is 25.2 Å². The molecule has 0 radical (unpaired) electrons. The highest BCUT2D eigenvalue weighted by Gasteiger charge is 2.29. The highest BCUT2D eigenvalue weighted by Crippen LogP contribution is 2.32. The Morgan fingerprint density at radius 2 is 1.72 bits per heavy atom. The van der Waals surface area contributed by atoms with Crippen molar-refractivity contribution in [3.05, 3.63) is 89.2 Å².